The average Bonchev–Trinajstić information content (AvgIpc) is 3.28. The van der Waals surface area contributed by atoms with E-state index in [9.17, 15) is 14.7 Å². The Labute approximate surface area is 202 Å². The minimum absolute atomic E-state index is 0.0833. The summed E-state index contributed by atoms with van der Waals surface area (Å²) in [5, 5.41) is 18.0. The van der Waals surface area contributed by atoms with Crippen LogP contribution in [0.25, 0.3) is 22.3 Å². The number of carbonyl (C=O) groups is 1. The molecule has 0 radical (unpaired) electrons. The van der Waals surface area contributed by atoms with Crippen molar-refractivity contribution in [1.29, 1.82) is 0 Å². The van der Waals surface area contributed by atoms with Gasteiger partial charge in [-0.1, -0.05) is 0 Å². The van der Waals surface area contributed by atoms with Crippen LogP contribution in [0, 0.1) is 0 Å². The maximum Gasteiger partial charge on any atom is 0.326 e. The number of H-pyrrole nitrogens is 2. The molecule has 1 amide bonds. The highest BCUT2D eigenvalue weighted by atomic mass is 32.1. The third-order valence-electron chi connectivity index (χ3n) is 5.97. The second-order valence-corrected chi connectivity index (χ2v) is 9.77. The quantitative estimate of drug-likeness (QED) is 0.311. The fourth-order valence-electron chi connectivity index (χ4n) is 4.02. The van der Waals surface area contributed by atoms with Gasteiger partial charge in [0.2, 0.25) is 5.88 Å². The van der Waals surface area contributed by atoms with Crippen molar-refractivity contribution in [2.75, 3.05) is 13.2 Å². The molecule has 5 heterocycles. The smallest absolute Gasteiger partial charge is 0.326 e. The van der Waals surface area contributed by atoms with E-state index in [2.05, 4.69) is 20.4 Å². The second kappa shape index (κ2) is 8.78. The topological polar surface area (TPSA) is 150 Å². The lowest BCUT2D eigenvalue weighted by atomic mass is 10.2. The van der Waals surface area contributed by atoms with Crippen molar-refractivity contribution in [3.8, 4) is 16.5 Å². The lowest BCUT2D eigenvalue weighted by Gasteiger charge is -2.09. The number of ether oxygens (including phenoxy) is 1. The Balaban J connectivity index is 1.38. The van der Waals surface area contributed by atoms with Crippen LogP contribution in [0.5, 0.6) is 5.88 Å². The molecule has 2 aliphatic rings. The zero-order valence-corrected chi connectivity index (χ0v) is 19.5. The van der Waals surface area contributed by atoms with Crippen LogP contribution >= 0.6 is 11.3 Å². The van der Waals surface area contributed by atoms with E-state index >= 15 is 0 Å². The van der Waals surface area contributed by atoms with Gasteiger partial charge in [0.1, 0.15) is 5.69 Å². The fraction of sp³-hybridized carbons (Fsp3) is 0.348. The number of rotatable bonds is 6. The molecule has 180 valence electrons. The van der Waals surface area contributed by atoms with Gasteiger partial charge >= 0.3 is 5.69 Å². The molecule has 11 nitrogen and oxygen atoms in total. The van der Waals surface area contributed by atoms with Gasteiger partial charge in [0, 0.05) is 24.4 Å². The van der Waals surface area contributed by atoms with Crippen molar-refractivity contribution in [3.05, 3.63) is 56.2 Å². The van der Waals surface area contributed by atoms with Crippen molar-refractivity contribution in [2.24, 2.45) is 4.99 Å². The summed E-state index contributed by atoms with van der Waals surface area (Å²) >= 11 is 1.36. The molecule has 1 saturated heterocycles. The number of carbonyl (C=O) groups excluding carboxylic acids is 1. The molecule has 1 aliphatic carbocycles. The van der Waals surface area contributed by atoms with Crippen molar-refractivity contribution in [1.82, 2.24) is 29.9 Å². The van der Waals surface area contributed by atoms with Crippen molar-refractivity contribution < 1.29 is 14.6 Å². The van der Waals surface area contributed by atoms with Crippen molar-refractivity contribution in [2.45, 2.75) is 37.8 Å². The van der Waals surface area contributed by atoms with E-state index in [0.29, 0.717) is 33.5 Å². The Morgan fingerprint density at radius 3 is 2.97 bits per heavy atom. The van der Waals surface area contributed by atoms with Crippen LogP contribution in [0.1, 0.15) is 41.0 Å². The Kier molecular flexibility index (Phi) is 5.46. The zero-order chi connectivity index (χ0) is 23.9. The minimum atomic E-state index is -0.507. The van der Waals surface area contributed by atoms with Gasteiger partial charge in [0.05, 0.1) is 33.8 Å². The van der Waals surface area contributed by atoms with Crippen LogP contribution in [-0.4, -0.2) is 60.9 Å². The SMILES string of the molecule is O=C(NCC1CCCO1)c1ccc(-c2cc(=NC3CC3)n3nc/c(=C/c4[nH]c(=O)[nH]c4O)c3n2)s1. The summed E-state index contributed by atoms with van der Waals surface area (Å²) in [7, 11) is 0. The predicted octanol–water partition coefficient (Wildman–Crippen LogP) is 0.699. The molecule has 1 aliphatic heterocycles. The van der Waals surface area contributed by atoms with Crippen LogP contribution in [-0.2, 0) is 4.74 Å². The van der Waals surface area contributed by atoms with Gasteiger partial charge in [-0.15, -0.1) is 11.3 Å². The first-order valence-electron chi connectivity index (χ1n) is 11.5. The van der Waals surface area contributed by atoms with Crippen LogP contribution in [0.2, 0.25) is 0 Å². The molecule has 0 spiro atoms. The summed E-state index contributed by atoms with van der Waals surface area (Å²) in [6.07, 6.45) is 7.36. The van der Waals surface area contributed by atoms with E-state index in [1.54, 1.807) is 22.9 Å². The molecule has 12 heteroatoms. The van der Waals surface area contributed by atoms with Crippen molar-refractivity contribution in [3.63, 3.8) is 0 Å². The lowest BCUT2D eigenvalue weighted by molar-refractivity contribution is 0.0861. The van der Waals surface area contributed by atoms with E-state index in [1.807, 2.05) is 12.1 Å². The molecule has 4 N–H and O–H groups in total. The number of aromatic amines is 2. The third kappa shape index (κ3) is 4.49. The monoisotopic (exact) mass is 493 g/mol. The van der Waals surface area contributed by atoms with Crippen LogP contribution in [0.4, 0.5) is 0 Å². The van der Waals surface area contributed by atoms with Crippen LogP contribution < -0.4 is 21.7 Å². The number of amides is 1. The number of hydrogen-bond donors (Lipinski definition) is 4. The minimum Gasteiger partial charge on any atom is -0.493 e. The molecule has 0 bridgehead atoms. The highest BCUT2D eigenvalue weighted by Gasteiger charge is 2.21. The molecule has 1 unspecified atom stereocenters. The summed E-state index contributed by atoms with van der Waals surface area (Å²) < 4.78 is 7.23. The first kappa shape index (κ1) is 21.7. The molecule has 2 fully saturated rings. The maximum absolute atomic E-state index is 12.7. The largest absolute Gasteiger partial charge is 0.493 e. The summed E-state index contributed by atoms with van der Waals surface area (Å²) in [4.78, 5) is 40.0. The van der Waals surface area contributed by atoms with E-state index in [0.717, 1.165) is 37.2 Å². The average molecular weight is 494 g/mol. The highest BCUT2D eigenvalue weighted by Crippen LogP contribution is 2.27. The van der Waals surface area contributed by atoms with Crippen molar-refractivity contribution >= 4 is 29.0 Å². The van der Waals surface area contributed by atoms with E-state index in [4.69, 9.17) is 14.7 Å². The molecule has 6 rings (SSSR count). The van der Waals surface area contributed by atoms with Gasteiger partial charge in [-0.05, 0) is 43.9 Å². The number of imidazole rings is 1. The molecular weight excluding hydrogens is 470 g/mol. The van der Waals surface area contributed by atoms with E-state index in [-0.39, 0.29) is 29.6 Å². The third-order valence-corrected chi connectivity index (χ3v) is 7.08. The van der Waals surface area contributed by atoms with Gasteiger partial charge in [-0.2, -0.15) is 9.61 Å². The number of aromatic nitrogens is 5. The Bertz CT molecular complexity index is 1590. The predicted molar refractivity (Wildman–Crippen MR) is 128 cm³/mol. The molecule has 4 aromatic rings. The number of hydrogen-bond acceptors (Lipinski definition) is 8. The number of thiophene rings is 1. The Hall–Kier alpha value is -3.77. The molecule has 4 aromatic heterocycles. The Morgan fingerprint density at radius 1 is 1.34 bits per heavy atom. The highest BCUT2D eigenvalue weighted by molar-refractivity contribution is 7.17. The molecule has 35 heavy (non-hydrogen) atoms. The lowest BCUT2D eigenvalue weighted by Crippen LogP contribution is -2.31. The van der Waals surface area contributed by atoms with Gasteiger partial charge in [-0.25, -0.2) is 9.78 Å². The van der Waals surface area contributed by atoms with Gasteiger partial charge in [-0.3, -0.25) is 14.8 Å². The number of nitrogens with zero attached hydrogens (tertiary/aromatic N) is 4. The first-order valence-corrected chi connectivity index (χ1v) is 12.3. The van der Waals surface area contributed by atoms with Gasteiger partial charge < -0.3 is 20.1 Å². The zero-order valence-electron chi connectivity index (χ0n) is 18.7. The molecule has 0 aromatic carbocycles. The van der Waals surface area contributed by atoms with E-state index in [1.165, 1.54) is 11.3 Å². The number of aromatic hydroxyl groups is 1. The van der Waals surface area contributed by atoms with Gasteiger partial charge in [0.15, 0.2) is 11.1 Å². The summed E-state index contributed by atoms with van der Waals surface area (Å²) in [6, 6.07) is 5.80. The van der Waals surface area contributed by atoms with Gasteiger partial charge in [0.25, 0.3) is 5.91 Å². The number of fused-ring (bicyclic) bond motifs is 1. The van der Waals surface area contributed by atoms with E-state index < -0.39 is 5.69 Å². The molecular formula is C23H23N7O4S. The summed E-state index contributed by atoms with van der Waals surface area (Å²) in [5.74, 6) is -0.392. The second-order valence-electron chi connectivity index (χ2n) is 8.69. The standard InChI is InChI=1S/C23H23N7O4S/c31-21-16(28-23(33)29-21)8-12-10-25-30-19(26-13-3-4-13)9-15(27-20(12)30)17-5-6-18(35-17)22(32)24-11-14-2-1-7-34-14/h5-6,8-10,13-14,31H,1-4,7,11H2,(H,24,32)(H2,28,29,33)/b12-8-,26-19?. The molecule has 1 saturated carbocycles. The summed E-state index contributed by atoms with van der Waals surface area (Å²) in [5.41, 5.74) is 1.59. The summed E-state index contributed by atoms with van der Waals surface area (Å²) in [6.45, 7) is 1.25. The normalized spacial score (nSPS) is 19.1. The van der Waals surface area contributed by atoms with Crippen LogP contribution in [0.15, 0.2) is 34.2 Å². The van der Waals surface area contributed by atoms with Crippen LogP contribution in [0.3, 0.4) is 0 Å². The Morgan fingerprint density at radius 2 is 2.23 bits per heavy atom. The maximum atomic E-state index is 12.7. The molecule has 1 atom stereocenters. The number of nitrogens with one attached hydrogen (secondary N) is 3. The fourth-order valence-corrected chi connectivity index (χ4v) is 4.90. The first-order chi connectivity index (χ1) is 17.0.